The van der Waals surface area contributed by atoms with Crippen LogP contribution in [0, 0.1) is 0 Å². The van der Waals surface area contributed by atoms with Crippen LogP contribution < -0.4 is 10.9 Å². The van der Waals surface area contributed by atoms with E-state index in [0.717, 1.165) is 25.8 Å². The van der Waals surface area contributed by atoms with Crippen molar-refractivity contribution in [3.05, 3.63) is 16.6 Å². The average molecular weight is 278 g/mol. The minimum Gasteiger partial charge on any atom is -0.314 e. The highest BCUT2D eigenvalue weighted by Gasteiger charge is 2.09. The van der Waals surface area contributed by atoms with E-state index in [-0.39, 0.29) is 5.56 Å². The van der Waals surface area contributed by atoms with Crippen LogP contribution in [-0.4, -0.2) is 37.4 Å². The van der Waals surface area contributed by atoms with E-state index in [1.54, 1.807) is 17.9 Å². The average Bonchev–Trinajstić information content (AvgIpc) is 2.81. The van der Waals surface area contributed by atoms with E-state index < -0.39 is 0 Å². The van der Waals surface area contributed by atoms with Crippen LogP contribution in [0.3, 0.4) is 0 Å². The van der Waals surface area contributed by atoms with Crippen molar-refractivity contribution in [3.8, 4) is 0 Å². The maximum Gasteiger partial charge on any atom is 0.280 e. The van der Waals surface area contributed by atoms with Gasteiger partial charge in [0.25, 0.3) is 5.56 Å². The smallest absolute Gasteiger partial charge is 0.280 e. The fourth-order valence-electron chi connectivity index (χ4n) is 2.16. The number of fused-ring (bicyclic) bond motifs is 1. The lowest BCUT2D eigenvalue weighted by Gasteiger charge is -2.12. The van der Waals surface area contributed by atoms with Crippen molar-refractivity contribution in [2.45, 2.75) is 45.7 Å². The van der Waals surface area contributed by atoms with Gasteiger partial charge >= 0.3 is 0 Å². The monoisotopic (exact) mass is 278 g/mol. The standard InChI is InChI=1S/C13H22N6O/c1-4-7-14-10(2)6-5-8-19-13(20)11-9-15-18(3)12(11)16-17-19/h9-10,14H,4-8H2,1-3H3. The van der Waals surface area contributed by atoms with Crippen molar-refractivity contribution in [1.82, 2.24) is 30.1 Å². The van der Waals surface area contributed by atoms with Gasteiger partial charge in [-0.05, 0) is 32.7 Å². The minimum absolute atomic E-state index is 0.114. The summed E-state index contributed by atoms with van der Waals surface area (Å²) in [6.07, 6.45) is 4.60. The molecule has 2 aromatic rings. The lowest BCUT2D eigenvalue weighted by molar-refractivity contribution is 0.448. The first-order valence-electron chi connectivity index (χ1n) is 7.12. The molecule has 1 atom stereocenters. The summed E-state index contributed by atoms with van der Waals surface area (Å²) < 4.78 is 2.99. The molecule has 0 spiro atoms. The largest absolute Gasteiger partial charge is 0.314 e. The lowest BCUT2D eigenvalue weighted by Crippen LogP contribution is -2.28. The Labute approximate surface area is 118 Å². The van der Waals surface area contributed by atoms with Gasteiger partial charge in [-0.3, -0.25) is 4.79 Å². The molecule has 1 unspecified atom stereocenters. The Bertz CT molecular complexity index is 617. The first kappa shape index (κ1) is 14.6. The van der Waals surface area contributed by atoms with Crippen LogP contribution >= 0.6 is 0 Å². The Morgan fingerprint density at radius 2 is 2.25 bits per heavy atom. The van der Waals surface area contributed by atoms with E-state index in [4.69, 9.17) is 0 Å². The summed E-state index contributed by atoms with van der Waals surface area (Å²) >= 11 is 0. The van der Waals surface area contributed by atoms with Crippen LogP contribution in [0.2, 0.25) is 0 Å². The minimum atomic E-state index is -0.114. The molecule has 0 aliphatic heterocycles. The highest BCUT2D eigenvalue weighted by Crippen LogP contribution is 2.03. The molecule has 7 nitrogen and oxygen atoms in total. The van der Waals surface area contributed by atoms with Gasteiger partial charge < -0.3 is 5.32 Å². The number of rotatable bonds is 7. The van der Waals surface area contributed by atoms with E-state index >= 15 is 0 Å². The Balaban J connectivity index is 1.97. The molecule has 0 radical (unpaired) electrons. The topological polar surface area (TPSA) is 77.6 Å². The normalized spacial score (nSPS) is 12.9. The molecule has 0 saturated carbocycles. The zero-order valence-corrected chi connectivity index (χ0v) is 12.3. The second-order valence-corrected chi connectivity index (χ2v) is 5.12. The van der Waals surface area contributed by atoms with Crippen LogP contribution in [0.15, 0.2) is 11.0 Å². The zero-order chi connectivity index (χ0) is 14.5. The molecule has 0 amide bonds. The predicted octanol–water partition coefficient (Wildman–Crippen LogP) is 0.693. The first-order valence-corrected chi connectivity index (χ1v) is 7.12. The van der Waals surface area contributed by atoms with Gasteiger partial charge in [0.15, 0.2) is 5.65 Å². The summed E-state index contributed by atoms with van der Waals surface area (Å²) in [5.74, 6) is 0. The van der Waals surface area contributed by atoms with Gasteiger partial charge in [-0.1, -0.05) is 12.1 Å². The van der Waals surface area contributed by atoms with Gasteiger partial charge in [0.2, 0.25) is 0 Å². The quantitative estimate of drug-likeness (QED) is 0.806. The SMILES string of the molecule is CCCNC(C)CCCn1nnc2c(cnn2C)c1=O. The predicted molar refractivity (Wildman–Crippen MR) is 77.6 cm³/mol. The summed E-state index contributed by atoms with van der Waals surface area (Å²) in [5, 5.41) is 16.0. The molecule has 2 rings (SSSR count). The molecule has 20 heavy (non-hydrogen) atoms. The molecule has 7 heteroatoms. The van der Waals surface area contributed by atoms with Crippen LogP contribution in [0.25, 0.3) is 11.0 Å². The van der Waals surface area contributed by atoms with Gasteiger partial charge in [-0.25, -0.2) is 9.36 Å². The highest BCUT2D eigenvalue weighted by atomic mass is 16.1. The summed E-state index contributed by atoms with van der Waals surface area (Å²) in [5.41, 5.74) is 0.418. The van der Waals surface area contributed by atoms with E-state index in [9.17, 15) is 4.79 Å². The highest BCUT2D eigenvalue weighted by molar-refractivity contribution is 5.72. The van der Waals surface area contributed by atoms with Gasteiger partial charge in [0.05, 0.1) is 6.20 Å². The Hall–Kier alpha value is -1.76. The fourth-order valence-corrected chi connectivity index (χ4v) is 2.16. The van der Waals surface area contributed by atoms with Crippen molar-refractivity contribution in [2.75, 3.05) is 6.54 Å². The Morgan fingerprint density at radius 3 is 3.00 bits per heavy atom. The first-order chi connectivity index (χ1) is 9.63. The van der Waals surface area contributed by atoms with Gasteiger partial charge in [-0.2, -0.15) is 5.10 Å². The maximum absolute atomic E-state index is 12.2. The summed E-state index contributed by atoms with van der Waals surface area (Å²) in [4.78, 5) is 12.2. The van der Waals surface area contributed by atoms with Crippen molar-refractivity contribution >= 4 is 11.0 Å². The van der Waals surface area contributed by atoms with Crippen LogP contribution in [0.4, 0.5) is 0 Å². The van der Waals surface area contributed by atoms with E-state index in [0.29, 0.717) is 23.6 Å². The van der Waals surface area contributed by atoms with Crippen molar-refractivity contribution in [3.63, 3.8) is 0 Å². The Morgan fingerprint density at radius 1 is 1.45 bits per heavy atom. The number of aryl methyl sites for hydroxylation is 2. The molecule has 0 bridgehead atoms. The number of nitrogens with zero attached hydrogens (tertiary/aromatic N) is 5. The third-order valence-corrected chi connectivity index (χ3v) is 3.37. The molecule has 0 aliphatic rings. The van der Waals surface area contributed by atoms with Crippen molar-refractivity contribution in [1.29, 1.82) is 0 Å². The zero-order valence-electron chi connectivity index (χ0n) is 12.3. The molecule has 110 valence electrons. The van der Waals surface area contributed by atoms with Gasteiger partial charge in [0, 0.05) is 19.6 Å². The second kappa shape index (κ2) is 6.60. The van der Waals surface area contributed by atoms with Crippen LogP contribution in [-0.2, 0) is 13.6 Å². The van der Waals surface area contributed by atoms with Crippen molar-refractivity contribution in [2.24, 2.45) is 7.05 Å². The molecular formula is C13H22N6O. The number of hydrogen-bond acceptors (Lipinski definition) is 5. The molecule has 2 aromatic heterocycles. The Kier molecular flexibility index (Phi) is 4.84. The summed E-state index contributed by atoms with van der Waals surface area (Å²) in [6, 6.07) is 0.459. The fraction of sp³-hybridized carbons (Fsp3) is 0.692. The lowest BCUT2D eigenvalue weighted by atomic mass is 10.2. The molecule has 0 saturated heterocycles. The number of aromatic nitrogens is 5. The number of nitrogens with one attached hydrogen (secondary N) is 1. The van der Waals surface area contributed by atoms with E-state index in [2.05, 4.69) is 34.6 Å². The molecular weight excluding hydrogens is 256 g/mol. The maximum atomic E-state index is 12.2. The van der Waals surface area contributed by atoms with Gasteiger partial charge in [0.1, 0.15) is 5.39 Å². The van der Waals surface area contributed by atoms with E-state index in [1.807, 2.05) is 0 Å². The third kappa shape index (κ3) is 3.22. The van der Waals surface area contributed by atoms with Gasteiger partial charge in [-0.15, -0.1) is 5.10 Å². The molecule has 0 aromatic carbocycles. The van der Waals surface area contributed by atoms with Crippen LogP contribution in [0.5, 0.6) is 0 Å². The second-order valence-electron chi connectivity index (χ2n) is 5.12. The summed E-state index contributed by atoms with van der Waals surface area (Å²) in [7, 11) is 1.75. The molecule has 0 fully saturated rings. The number of hydrogen-bond donors (Lipinski definition) is 1. The molecule has 2 heterocycles. The van der Waals surface area contributed by atoms with Crippen LogP contribution in [0.1, 0.15) is 33.1 Å². The third-order valence-electron chi connectivity index (χ3n) is 3.37. The van der Waals surface area contributed by atoms with E-state index in [1.165, 1.54) is 4.68 Å². The van der Waals surface area contributed by atoms with Crippen molar-refractivity contribution < 1.29 is 0 Å². The summed E-state index contributed by atoms with van der Waals surface area (Å²) in [6.45, 7) is 5.93. The molecule has 1 N–H and O–H groups in total. The molecule has 0 aliphatic carbocycles.